The molecule has 0 amide bonds. The third-order valence-corrected chi connectivity index (χ3v) is 3.54. The molecule has 1 heterocycles. The van der Waals surface area contributed by atoms with Gasteiger partial charge in [0.1, 0.15) is 0 Å². The highest BCUT2D eigenvalue weighted by Crippen LogP contribution is 2.11. The van der Waals surface area contributed by atoms with Crippen LogP contribution in [0.5, 0.6) is 0 Å². The summed E-state index contributed by atoms with van der Waals surface area (Å²) in [4.78, 5) is 2.59. The molecule has 0 bridgehead atoms. The van der Waals surface area contributed by atoms with Crippen LogP contribution in [0.15, 0.2) is 24.3 Å². The van der Waals surface area contributed by atoms with Crippen LogP contribution in [-0.2, 0) is 6.54 Å². The highest BCUT2D eigenvalue weighted by Gasteiger charge is 2.15. The van der Waals surface area contributed by atoms with Crippen molar-refractivity contribution in [1.29, 1.82) is 0 Å². The third kappa shape index (κ3) is 3.83. The van der Waals surface area contributed by atoms with E-state index in [0.29, 0.717) is 6.04 Å². The van der Waals surface area contributed by atoms with Gasteiger partial charge in [0.2, 0.25) is 0 Å². The molecule has 17 heavy (non-hydrogen) atoms. The Balaban J connectivity index is 1.97. The number of hydrogen-bond donors (Lipinski definition) is 1. The molecule has 1 aliphatic heterocycles. The van der Waals surface area contributed by atoms with Crippen molar-refractivity contribution in [1.82, 2.24) is 10.2 Å². The van der Waals surface area contributed by atoms with Crippen molar-refractivity contribution in [3.63, 3.8) is 0 Å². The van der Waals surface area contributed by atoms with Crippen LogP contribution < -0.4 is 5.32 Å². The molecule has 1 unspecified atom stereocenters. The molecule has 1 N–H and O–H groups in total. The Kier molecular flexibility index (Phi) is 4.57. The van der Waals surface area contributed by atoms with E-state index in [0.717, 1.165) is 6.54 Å². The predicted molar refractivity (Wildman–Crippen MR) is 73.2 cm³/mol. The van der Waals surface area contributed by atoms with Crippen molar-refractivity contribution in [2.75, 3.05) is 19.6 Å². The van der Waals surface area contributed by atoms with Gasteiger partial charge < -0.3 is 5.32 Å². The van der Waals surface area contributed by atoms with E-state index in [1.54, 1.807) is 0 Å². The van der Waals surface area contributed by atoms with Crippen molar-refractivity contribution < 1.29 is 0 Å². The SMILES string of the molecule is CCC1CN(Cc2cccc(C)c2)CCCN1. The van der Waals surface area contributed by atoms with Crippen LogP contribution in [0.3, 0.4) is 0 Å². The van der Waals surface area contributed by atoms with Gasteiger partial charge in [-0.2, -0.15) is 0 Å². The maximum Gasteiger partial charge on any atom is 0.0234 e. The molecule has 1 aliphatic rings. The van der Waals surface area contributed by atoms with Crippen LogP contribution >= 0.6 is 0 Å². The Morgan fingerprint density at radius 2 is 2.29 bits per heavy atom. The van der Waals surface area contributed by atoms with Gasteiger partial charge in [-0.15, -0.1) is 0 Å². The summed E-state index contributed by atoms with van der Waals surface area (Å²) in [6.07, 6.45) is 2.49. The number of nitrogens with zero attached hydrogens (tertiary/aromatic N) is 1. The van der Waals surface area contributed by atoms with Gasteiger partial charge in [-0.3, -0.25) is 4.90 Å². The Bertz CT molecular complexity index is 349. The fourth-order valence-electron chi connectivity index (χ4n) is 2.56. The summed E-state index contributed by atoms with van der Waals surface area (Å²) in [7, 11) is 0. The van der Waals surface area contributed by atoms with Gasteiger partial charge in [-0.1, -0.05) is 36.8 Å². The lowest BCUT2D eigenvalue weighted by atomic mass is 10.1. The monoisotopic (exact) mass is 232 g/mol. The molecule has 0 saturated carbocycles. The molecule has 1 atom stereocenters. The zero-order chi connectivity index (χ0) is 12.1. The van der Waals surface area contributed by atoms with Crippen molar-refractivity contribution in [2.24, 2.45) is 0 Å². The zero-order valence-electron chi connectivity index (χ0n) is 11.1. The molecular weight excluding hydrogens is 208 g/mol. The fourth-order valence-corrected chi connectivity index (χ4v) is 2.56. The first-order valence-electron chi connectivity index (χ1n) is 6.79. The van der Waals surface area contributed by atoms with Gasteiger partial charge in [-0.25, -0.2) is 0 Å². The summed E-state index contributed by atoms with van der Waals surface area (Å²) < 4.78 is 0. The number of benzene rings is 1. The minimum atomic E-state index is 0.669. The van der Waals surface area contributed by atoms with Crippen molar-refractivity contribution in [3.8, 4) is 0 Å². The molecule has 2 heteroatoms. The van der Waals surface area contributed by atoms with Gasteiger partial charge in [0, 0.05) is 19.1 Å². The van der Waals surface area contributed by atoms with E-state index in [4.69, 9.17) is 0 Å². The van der Waals surface area contributed by atoms with E-state index >= 15 is 0 Å². The summed E-state index contributed by atoms with van der Waals surface area (Å²) >= 11 is 0. The summed E-state index contributed by atoms with van der Waals surface area (Å²) in [6, 6.07) is 9.55. The second kappa shape index (κ2) is 6.18. The minimum Gasteiger partial charge on any atom is -0.313 e. The summed E-state index contributed by atoms with van der Waals surface area (Å²) in [5.74, 6) is 0. The van der Waals surface area contributed by atoms with Gasteiger partial charge in [0.05, 0.1) is 0 Å². The largest absolute Gasteiger partial charge is 0.313 e. The summed E-state index contributed by atoms with van der Waals surface area (Å²) in [6.45, 7) is 9.11. The third-order valence-electron chi connectivity index (χ3n) is 3.54. The van der Waals surface area contributed by atoms with Gasteiger partial charge in [-0.05, 0) is 38.4 Å². The number of nitrogens with one attached hydrogen (secondary N) is 1. The lowest BCUT2D eigenvalue weighted by molar-refractivity contribution is 0.257. The standard InChI is InChI=1S/C15H24N2/c1-3-15-12-17(9-5-8-16-15)11-14-7-4-6-13(2)10-14/h4,6-7,10,15-16H,3,5,8-9,11-12H2,1-2H3. The highest BCUT2D eigenvalue weighted by molar-refractivity contribution is 5.22. The maximum atomic E-state index is 3.62. The van der Waals surface area contributed by atoms with Crippen LogP contribution in [0.1, 0.15) is 30.9 Å². The first kappa shape index (κ1) is 12.6. The Hall–Kier alpha value is -0.860. The first-order chi connectivity index (χ1) is 8.28. The lowest BCUT2D eigenvalue weighted by Gasteiger charge is -2.23. The number of hydrogen-bond acceptors (Lipinski definition) is 2. The van der Waals surface area contributed by atoms with E-state index < -0.39 is 0 Å². The molecule has 0 spiro atoms. The Labute approximate surface area is 105 Å². The molecule has 0 aliphatic carbocycles. The van der Waals surface area contributed by atoms with E-state index in [1.807, 2.05) is 0 Å². The van der Waals surface area contributed by atoms with Crippen LogP contribution in [0, 0.1) is 6.92 Å². The normalized spacial score (nSPS) is 22.4. The van der Waals surface area contributed by atoms with Crippen molar-refractivity contribution in [2.45, 2.75) is 39.3 Å². The van der Waals surface area contributed by atoms with Crippen molar-refractivity contribution in [3.05, 3.63) is 35.4 Å². The number of aryl methyl sites for hydroxylation is 1. The second-order valence-corrected chi connectivity index (χ2v) is 5.14. The topological polar surface area (TPSA) is 15.3 Å². The Morgan fingerprint density at radius 1 is 1.41 bits per heavy atom. The van der Waals surface area contributed by atoms with Crippen LogP contribution in [-0.4, -0.2) is 30.6 Å². The average molecular weight is 232 g/mol. The molecule has 1 aromatic carbocycles. The molecule has 2 rings (SSSR count). The van der Waals surface area contributed by atoms with Gasteiger partial charge in [0.15, 0.2) is 0 Å². The molecule has 1 saturated heterocycles. The second-order valence-electron chi connectivity index (χ2n) is 5.14. The van der Waals surface area contributed by atoms with E-state index in [2.05, 4.69) is 48.3 Å². The van der Waals surface area contributed by atoms with Gasteiger partial charge >= 0.3 is 0 Å². The summed E-state index contributed by atoms with van der Waals surface area (Å²) in [5, 5.41) is 3.62. The minimum absolute atomic E-state index is 0.669. The molecule has 2 nitrogen and oxygen atoms in total. The van der Waals surface area contributed by atoms with Crippen LogP contribution in [0.25, 0.3) is 0 Å². The molecule has 1 aromatic rings. The quantitative estimate of drug-likeness (QED) is 0.861. The zero-order valence-corrected chi connectivity index (χ0v) is 11.1. The van der Waals surface area contributed by atoms with Crippen LogP contribution in [0.4, 0.5) is 0 Å². The highest BCUT2D eigenvalue weighted by atomic mass is 15.2. The molecule has 1 fully saturated rings. The fraction of sp³-hybridized carbons (Fsp3) is 0.600. The average Bonchev–Trinajstić information content (AvgIpc) is 2.54. The Morgan fingerprint density at radius 3 is 3.06 bits per heavy atom. The van der Waals surface area contributed by atoms with Crippen molar-refractivity contribution >= 4 is 0 Å². The van der Waals surface area contributed by atoms with E-state index in [9.17, 15) is 0 Å². The predicted octanol–water partition coefficient (Wildman–Crippen LogP) is 2.57. The molecular formula is C15H24N2. The number of rotatable bonds is 3. The van der Waals surface area contributed by atoms with E-state index in [-0.39, 0.29) is 0 Å². The molecule has 94 valence electrons. The molecule has 0 radical (unpaired) electrons. The van der Waals surface area contributed by atoms with Gasteiger partial charge in [0.25, 0.3) is 0 Å². The van der Waals surface area contributed by atoms with E-state index in [1.165, 1.54) is 43.6 Å². The first-order valence-corrected chi connectivity index (χ1v) is 6.79. The smallest absolute Gasteiger partial charge is 0.0234 e. The lowest BCUT2D eigenvalue weighted by Crippen LogP contribution is -2.36. The van der Waals surface area contributed by atoms with Crippen LogP contribution in [0.2, 0.25) is 0 Å². The summed E-state index contributed by atoms with van der Waals surface area (Å²) in [5.41, 5.74) is 2.81. The maximum absolute atomic E-state index is 3.62. The molecule has 0 aromatic heterocycles.